The van der Waals surface area contributed by atoms with Gasteiger partial charge < -0.3 is 28.9 Å². The number of oxazole rings is 1. The van der Waals surface area contributed by atoms with E-state index in [9.17, 15) is 9.59 Å². The first kappa shape index (κ1) is 23.6. The standard InChI is InChI=1S/C26H25N3O6/c1-15-19(11-12-34-15)25(31)28-18-8-5-7-17(13-18)26-29-21(16(2)35-26)14-27-24(30)20-9-6-10-22(32-3)23(20)33-4/h5-13H,14H2,1-4H3,(H,27,30)(H,28,31). The third-order valence-corrected chi connectivity index (χ3v) is 5.43. The third-order valence-electron chi connectivity index (χ3n) is 5.43. The van der Waals surface area contributed by atoms with Crippen LogP contribution in [0.3, 0.4) is 0 Å². The second-order valence-electron chi connectivity index (χ2n) is 7.67. The zero-order valence-corrected chi connectivity index (χ0v) is 19.8. The number of rotatable bonds is 8. The highest BCUT2D eigenvalue weighted by Gasteiger charge is 2.18. The maximum Gasteiger partial charge on any atom is 0.259 e. The summed E-state index contributed by atoms with van der Waals surface area (Å²) in [5.41, 5.74) is 2.67. The van der Waals surface area contributed by atoms with Crippen molar-refractivity contribution in [3.05, 3.63) is 83.1 Å². The van der Waals surface area contributed by atoms with Crippen LogP contribution in [0.5, 0.6) is 11.5 Å². The number of amides is 2. The van der Waals surface area contributed by atoms with Crippen LogP contribution in [0.4, 0.5) is 5.69 Å². The van der Waals surface area contributed by atoms with Crippen LogP contribution in [-0.4, -0.2) is 31.0 Å². The number of carbonyl (C=O) groups excluding carboxylic acids is 2. The topological polar surface area (TPSA) is 116 Å². The van der Waals surface area contributed by atoms with Crippen molar-refractivity contribution in [3.8, 4) is 23.0 Å². The molecule has 0 aliphatic carbocycles. The summed E-state index contributed by atoms with van der Waals surface area (Å²) in [6.45, 7) is 3.66. The van der Waals surface area contributed by atoms with Crippen molar-refractivity contribution in [2.24, 2.45) is 0 Å². The third kappa shape index (κ3) is 5.03. The van der Waals surface area contributed by atoms with Crippen molar-refractivity contribution in [3.63, 3.8) is 0 Å². The Morgan fingerprint density at radius 2 is 1.74 bits per heavy atom. The quantitative estimate of drug-likeness (QED) is 0.378. The van der Waals surface area contributed by atoms with Gasteiger partial charge in [-0.25, -0.2) is 4.98 Å². The molecule has 180 valence electrons. The fraction of sp³-hybridized carbons (Fsp3) is 0.192. The molecule has 0 aliphatic rings. The number of nitrogens with zero attached hydrogens (tertiary/aromatic N) is 1. The molecule has 0 radical (unpaired) electrons. The van der Waals surface area contributed by atoms with Gasteiger partial charge in [0.25, 0.3) is 11.8 Å². The molecule has 2 heterocycles. The Bertz CT molecular complexity index is 1370. The number of nitrogens with one attached hydrogen (secondary N) is 2. The van der Waals surface area contributed by atoms with Gasteiger partial charge in [-0.15, -0.1) is 0 Å². The zero-order valence-electron chi connectivity index (χ0n) is 19.8. The lowest BCUT2D eigenvalue weighted by atomic mass is 10.1. The largest absolute Gasteiger partial charge is 0.493 e. The Morgan fingerprint density at radius 1 is 0.943 bits per heavy atom. The lowest BCUT2D eigenvalue weighted by Crippen LogP contribution is -2.24. The fourth-order valence-corrected chi connectivity index (χ4v) is 3.59. The van der Waals surface area contributed by atoms with Crippen LogP contribution in [-0.2, 0) is 6.54 Å². The molecule has 2 N–H and O–H groups in total. The predicted molar refractivity (Wildman–Crippen MR) is 129 cm³/mol. The smallest absolute Gasteiger partial charge is 0.259 e. The average Bonchev–Trinajstić information content (AvgIpc) is 3.47. The van der Waals surface area contributed by atoms with Crippen LogP contribution >= 0.6 is 0 Å². The van der Waals surface area contributed by atoms with E-state index in [2.05, 4.69) is 15.6 Å². The van der Waals surface area contributed by atoms with Crippen LogP contribution in [0.2, 0.25) is 0 Å². The van der Waals surface area contributed by atoms with E-state index >= 15 is 0 Å². The summed E-state index contributed by atoms with van der Waals surface area (Å²) in [5, 5.41) is 5.69. The molecule has 0 unspecified atom stereocenters. The second kappa shape index (κ2) is 10.2. The van der Waals surface area contributed by atoms with E-state index in [0.717, 1.165) is 0 Å². The average molecular weight is 476 g/mol. The molecule has 0 spiro atoms. The maximum atomic E-state index is 12.8. The van der Waals surface area contributed by atoms with E-state index < -0.39 is 0 Å². The molecule has 0 saturated heterocycles. The number of aryl methyl sites for hydroxylation is 2. The first-order valence-electron chi connectivity index (χ1n) is 10.8. The van der Waals surface area contributed by atoms with Crippen molar-refractivity contribution in [1.29, 1.82) is 0 Å². The van der Waals surface area contributed by atoms with Gasteiger partial charge in [-0.1, -0.05) is 12.1 Å². The van der Waals surface area contributed by atoms with Crippen LogP contribution in [0.25, 0.3) is 11.5 Å². The summed E-state index contributed by atoms with van der Waals surface area (Å²) in [5.74, 6) is 1.71. The van der Waals surface area contributed by atoms with Crippen molar-refractivity contribution < 1.29 is 27.9 Å². The molecule has 0 atom stereocenters. The van der Waals surface area contributed by atoms with Gasteiger partial charge in [0.1, 0.15) is 17.2 Å². The van der Waals surface area contributed by atoms with Crippen LogP contribution in [0.1, 0.15) is 37.9 Å². The molecule has 0 saturated carbocycles. The first-order chi connectivity index (χ1) is 16.9. The van der Waals surface area contributed by atoms with E-state index in [1.807, 2.05) is 6.07 Å². The molecule has 35 heavy (non-hydrogen) atoms. The van der Waals surface area contributed by atoms with E-state index in [-0.39, 0.29) is 18.4 Å². The van der Waals surface area contributed by atoms with E-state index in [1.54, 1.807) is 56.3 Å². The number of methoxy groups -OCH3 is 2. The monoisotopic (exact) mass is 475 g/mol. The number of ether oxygens (including phenoxy) is 2. The van der Waals surface area contributed by atoms with Crippen molar-refractivity contribution in [1.82, 2.24) is 10.3 Å². The Balaban J connectivity index is 1.47. The van der Waals surface area contributed by atoms with Gasteiger partial charge in [0.05, 0.1) is 38.2 Å². The van der Waals surface area contributed by atoms with E-state index in [0.29, 0.717) is 57.0 Å². The van der Waals surface area contributed by atoms with Crippen LogP contribution in [0, 0.1) is 13.8 Å². The number of furan rings is 1. The summed E-state index contributed by atoms with van der Waals surface area (Å²) in [4.78, 5) is 29.8. The fourth-order valence-electron chi connectivity index (χ4n) is 3.59. The maximum absolute atomic E-state index is 12.8. The van der Waals surface area contributed by atoms with Gasteiger partial charge in [0.15, 0.2) is 11.5 Å². The van der Waals surface area contributed by atoms with Gasteiger partial charge in [0, 0.05) is 11.3 Å². The van der Waals surface area contributed by atoms with E-state index in [1.165, 1.54) is 20.5 Å². The summed E-state index contributed by atoms with van der Waals surface area (Å²) in [6, 6.07) is 13.9. The molecule has 2 aromatic heterocycles. The van der Waals surface area contributed by atoms with Gasteiger partial charge >= 0.3 is 0 Å². The minimum Gasteiger partial charge on any atom is -0.493 e. The van der Waals surface area contributed by atoms with Crippen LogP contribution < -0.4 is 20.1 Å². The molecule has 0 fully saturated rings. The molecule has 2 amide bonds. The Morgan fingerprint density at radius 3 is 2.46 bits per heavy atom. The zero-order chi connectivity index (χ0) is 24.9. The molecular formula is C26H25N3O6. The van der Waals surface area contributed by atoms with Gasteiger partial charge in [-0.3, -0.25) is 9.59 Å². The minimum atomic E-state index is -0.330. The lowest BCUT2D eigenvalue weighted by molar-refractivity contribution is 0.0945. The van der Waals surface area contributed by atoms with Crippen molar-refractivity contribution in [2.75, 3.05) is 19.5 Å². The summed E-state index contributed by atoms with van der Waals surface area (Å²) >= 11 is 0. The Hall–Kier alpha value is -4.53. The SMILES string of the molecule is COc1cccc(C(=O)NCc2nc(-c3cccc(NC(=O)c4ccoc4C)c3)oc2C)c1OC. The number of hydrogen-bond donors (Lipinski definition) is 2. The molecule has 0 bridgehead atoms. The molecule has 9 heteroatoms. The highest BCUT2D eigenvalue weighted by molar-refractivity contribution is 6.05. The molecular weight excluding hydrogens is 450 g/mol. The molecule has 0 aliphatic heterocycles. The predicted octanol–water partition coefficient (Wildman–Crippen LogP) is 4.75. The number of hydrogen-bond acceptors (Lipinski definition) is 7. The van der Waals surface area contributed by atoms with Crippen LogP contribution in [0.15, 0.2) is 63.6 Å². The Labute approximate surface area is 202 Å². The number of anilines is 1. The van der Waals surface area contributed by atoms with Gasteiger partial charge in [0.2, 0.25) is 5.89 Å². The summed E-state index contributed by atoms with van der Waals surface area (Å²) in [6.07, 6.45) is 1.47. The number of aromatic nitrogens is 1. The molecule has 4 aromatic rings. The minimum absolute atomic E-state index is 0.157. The number of para-hydroxylation sites is 1. The highest BCUT2D eigenvalue weighted by Crippen LogP contribution is 2.31. The molecule has 2 aromatic carbocycles. The Kier molecular flexibility index (Phi) is 6.86. The van der Waals surface area contributed by atoms with Gasteiger partial charge in [-0.05, 0) is 50.2 Å². The van der Waals surface area contributed by atoms with E-state index in [4.69, 9.17) is 18.3 Å². The highest BCUT2D eigenvalue weighted by atomic mass is 16.5. The van der Waals surface area contributed by atoms with Crippen molar-refractivity contribution >= 4 is 17.5 Å². The molecule has 9 nitrogen and oxygen atoms in total. The first-order valence-corrected chi connectivity index (χ1v) is 10.8. The summed E-state index contributed by atoms with van der Waals surface area (Å²) < 4.78 is 21.6. The van der Waals surface area contributed by atoms with Gasteiger partial charge in [-0.2, -0.15) is 0 Å². The molecule has 4 rings (SSSR count). The summed E-state index contributed by atoms with van der Waals surface area (Å²) in [7, 11) is 2.99. The number of benzene rings is 2. The lowest BCUT2D eigenvalue weighted by Gasteiger charge is -2.12. The van der Waals surface area contributed by atoms with Crippen molar-refractivity contribution in [2.45, 2.75) is 20.4 Å². The normalized spacial score (nSPS) is 10.6. The second-order valence-corrected chi connectivity index (χ2v) is 7.67. The number of carbonyl (C=O) groups is 2.